The van der Waals surface area contributed by atoms with Gasteiger partial charge in [0, 0.05) is 0 Å². The van der Waals surface area contributed by atoms with E-state index in [0.717, 1.165) is 0 Å². The first-order chi connectivity index (χ1) is 3.06. The lowest BCUT2D eigenvalue weighted by atomic mass is 10.2. The van der Waals surface area contributed by atoms with Crippen LogP contribution in [-0.4, -0.2) is 5.67 Å². The summed E-state index contributed by atoms with van der Waals surface area (Å²) in [6, 6.07) is 0. The third-order valence-electron chi connectivity index (χ3n) is 0.563. The molecule has 0 saturated heterocycles. The fourth-order valence-electron chi connectivity index (χ4n) is 0.396. The Morgan fingerprint density at radius 2 is 1.86 bits per heavy atom. The lowest BCUT2D eigenvalue weighted by molar-refractivity contribution is 0.287. The van der Waals surface area contributed by atoms with E-state index in [1.54, 1.807) is 13.0 Å². The van der Waals surface area contributed by atoms with Gasteiger partial charge < -0.3 is 0 Å². The summed E-state index contributed by atoms with van der Waals surface area (Å²) in [5.74, 6) is 0. The van der Waals surface area contributed by atoms with Gasteiger partial charge in [0.05, 0.1) is 0 Å². The highest BCUT2D eigenvalue weighted by molar-refractivity contribution is 4.92. The highest BCUT2D eigenvalue weighted by Crippen LogP contribution is 2.08. The van der Waals surface area contributed by atoms with E-state index in [2.05, 4.69) is 0 Å². The first kappa shape index (κ1) is 6.67. The zero-order valence-corrected chi connectivity index (χ0v) is 5.03. The minimum absolute atomic E-state index is 1.13. The van der Waals surface area contributed by atoms with Gasteiger partial charge in [-0.1, -0.05) is 12.2 Å². The molecule has 7 heavy (non-hydrogen) atoms. The summed E-state index contributed by atoms with van der Waals surface area (Å²) in [5.41, 5.74) is -1.13. The summed E-state index contributed by atoms with van der Waals surface area (Å²) in [7, 11) is 0. The lowest BCUT2D eigenvalue weighted by Crippen LogP contribution is -2.04. The van der Waals surface area contributed by atoms with Gasteiger partial charge in [-0.25, -0.2) is 4.39 Å². The van der Waals surface area contributed by atoms with E-state index in [4.69, 9.17) is 0 Å². The van der Waals surface area contributed by atoms with Crippen LogP contribution in [0.1, 0.15) is 20.8 Å². The van der Waals surface area contributed by atoms with E-state index in [-0.39, 0.29) is 0 Å². The molecule has 0 bridgehead atoms. The van der Waals surface area contributed by atoms with Gasteiger partial charge in [0.2, 0.25) is 0 Å². The quantitative estimate of drug-likeness (QED) is 0.446. The molecule has 0 amide bonds. The van der Waals surface area contributed by atoms with Crippen LogP contribution in [0.4, 0.5) is 4.39 Å². The molecule has 0 aliphatic heterocycles. The van der Waals surface area contributed by atoms with E-state index < -0.39 is 5.67 Å². The largest absolute Gasteiger partial charge is 0.240 e. The number of rotatable bonds is 1. The Kier molecular flexibility index (Phi) is 2.00. The number of halogens is 1. The Labute approximate surface area is 44.0 Å². The molecule has 0 aromatic rings. The predicted molar refractivity (Wildman–Crippen MR) is 30.0 cm³/mol. The first-order valence-electron chi connectivity index (χ1n) is 2.39. The molecule has 0 saturated carbocycles. The summed E-state index contributed by atoms with van der Waals surface area (Å²) < 4.78 is 12.3. The summed E-state index contributed by atoms with van der Waals surface area (Å²) >= 11 is 0. The third kappa shape index (κ3) is 5.67. The van der Waals surface area contributed by atoms with Crippen LogP contribution in [-0.2, 0) is 0 Å². The van der Waals surface area contributed by atoms with Crippen LogP contribution in [0, 0.1) is 0 Å². The van der Waals surface area contributed by atoms with Gasteiger partial charge in [0.15, 0.2) is 0 Å². The van der Waals surface area contributed by atoms with Crippen molar-refractivity contribution in [1.82, 2.24) is 0 Å². The molecule has 0 aromatic heterocycles. The van der Waals surface area contributed by atoms with Gasteiger partial charge in [0.1, 0.15) is 5.67 Å². The summed E-state index contributed by atoms with van der Waals surface area (Å²) in [6.45, 7) is 4.85. The zero-order valence-electron chi connectivity index (χ0n) is 5.03. The molecule has 0 rings (SSSR count). The molecule has 0 radical (unpaired) electrons. The lowest BCUT2D eigenvalue weighted by Gasteiger charge is -2.04. The van der Waals surface area contributed by atoms with Crippen molar-refractivity contribution in [2.24, 2.45) is 0 Å². The molecule has 0 N–H and O–H groups in total. The molecule has 0 unspecified atom stereocenters. The molecule has 0 spiro atoms. The van der Waals surface area contributed by atoms with Crippen LogP contribution in [0.15, 0.2) is 12.2 Å². The van der Waals surface area contributed by atoms with Crippen molar-refractivity contribution in [3.05, 3.63) is 12.2 Å². The normalized spacial score (nSPS) is 13.1. The first-order valence-corrected chi connectivity index (χ1v) is 2.39. The Hall–Kier alpha value is -0.330. The molecule has 0 aromatic carbocycles. The molecular weight excluding hydrogens is 91.1 g/mol. The van der Waals surface area contributed by atoms with Crippen molar-refractivity contribution < 1.29 is 4.39 Å². The van der Waals surface area contributed by atoms with Crippen LogP contribution in [0.25, 0.3) is 0 Å². The van der Waals surface area contributed by atoms with E-state index in [1.165, 1.54) is 19.9 Å². The topological polar surface area (TPSA) is 0 Å². The Balaban J connectivity index is 3.56. The van der Waals surface area contributed by atoms with Crippen LogP contribution >= 0.6 is 0 Å². The highest BCUT2D eigenvalue weighted by atomic mass is 19.1. The average molecular weight is 102 g/mol. The monoisotopic (exact) mass is 102 g/mol. The van der Waals surface area contributed by atoms with E-state index in [9.17, 15) is 4.39 Å². The minimum atomic E-state index is -1.13. The molecule has 0 aliphatic carbocycles. The summed E-state index contributed by atoms with van der Waals surface area (Å²) in [6.07, 6.45) is 3.23. The van der Waals surface area contributed by atoms with Gasteiger partial charge in [-0.3, -0.25) is 0 Å². The van der Waals surface area contributed by atoms with E-state index >= 15 is 0 Å². The smallest absolute Gasteiger partial charge is 0.123 e. The maximum atomic E-state index is 12.3. The maximum absolute atomic E-state index is 12.3. The molecule has 42 valence electrons. The highest BCUT2D eigenvalue weighted by Gasteiger charge is 2.07. The van der Waals surface area contributed by atoms with Gasteiger partial charge in [0.25, 0.3) is 0 Å². The molecule has 0 aliphatic rings. The number of hydrogen-bond donors (Lipinski definition) is 0. The van der Waals surface area contributed by atoms with Gasteiger partial charge in [-0.15, -0.1) is 0 Å². The molecule has 0 atom stereocenters. The van der Waals surface area contributed by atoms with Gasteiger partial charge in [-0.2, -0.15) is 0 Å². The van der Waals surface area contributed by atoms with Crippen LogP contribution in [0.3, 0.4) is 0 Å². The Morgan fingerprint density at radius 3 is 1.86 bits per heavy atom. The van der Waals surface area contributed by atoms with Gasteiger partial charge in [-0.05, 0) is 20.8 Å². The number of alkyl halides is 1. The average Bonchev–Trinajstić information content (AvgIpc) is 1.30. The van der Waals surface area contributed by atoms with Crippen molar-refractivity contribution in [1.29, 1.82) is 0 Å². The van der Waals surface area contributed by atoms with Crippen LogP contribution < -0.4 is 0 Å². The third-order valence-corrected chi connectivity index (χ3v) is 0.563. The second kappa shape index (κ2) is 2.10. The fraction of sp³-hybridized carbons (Fsp3) is 0.667. The zero-order chi connectivity index (χ0) is 5.91. The van der Waals surface area contributed by atoms with Crippen LogP contribution in [0.5, 0.6) is 0 Å². The van der Waals surface area contributed by atoms with Crippen molar-refractivity contribution in [2.75, 3.05) is 0 Å². The second-order valence-corrected chi connectivity index (χ2v) is 2.06. The summed E-state index contributed by atoms with van der Waals surface area (Å²) in [4.78, 5) is 0. The van der Waals surface area contributed by atoms with Crippen molar-refractivity contribution >= 4 is 0 Å². The molecule has 0 fully saturated rings. The van der Waals surface area contributed by atoms with Crippen molar-refractivity contribution in [3.63, 3.8) is 0 Å². The molecule has 0 heterocycles. The molecular formula is C6H11F. The standard InChI is InChI=1S/C6H11F/c1-4-5-6(2,3)7/h4-5H,1-3H3/b5-4-. The SMILES string of the molecule is C/C=C\C(C)(C)F. The Bertz CT molecular complexity index is 66.7. The maximum Gasteiger partial charge on any atom is 0.123 e. The number of hydrogen-bond acceptors (Lipinski definition) is 0. The van der Waals surface area contributed by atoms with Crippen LogP contribution in [0.2, 0.25) is 0 Å². The molecule has 0 nitrogen and oxygen atoms in total. The van der Waals surface area contributed by atoms with E-state index in [0.29, 0.717) is 0 Å². The van der Waals surface area contributed by atoms with E-state index in [1.807, 2.05) is 0 Å². The van der Waals surface area contributed by atoms with Gasteiger partial charge >= 0.3 is 0 Å². The van der Waals surface area contributed by atoms with Crippen molar-refractivity contribution in [3.8, 4) is 0 Å². The van der Waals surface area contributed by atoms with Crippen molar-refractivity contribution in [2.45, 2.75) is 26.4 Å². The fourth-order valence-corrected chi connectivity index (χ4v) is 0.396. The predicted octanol–water partition coefficient (Wildman–Crippen LogP) is 2.31. The minimum Gasteiger partial charge on any atom is -0.240 e. The number of allylic oxidation sites excluding steroid dienone is 2. The Morgan fingerprint density at radius 1 is 1.43 bits per heavy atom. The molecule has 1 heteroatoms. The summed E-state index contributed by atoms with van der Waals surface area (Å²) in [5, 5.41) is 0. The second-order valence-electron chi connectivity index (χ2n) is 2.06.